The Balaban J connectivity index is 2.00. The van der Waals surface area contributed by atoms with E-state index in [0.717, 1.165) is 0 Å². The van der Waals surface area contributed by atoms with Crippen LogP contribution in [0.1, 0.15) is 0 Å². The molecule has 0 aliphatic carbocycles. The fourth-order valence-corrected chi connectivity index (χ4v) is 2.15. The van der Waals surface area contributed by atoms with E-state index in [1.54, 1.807) is 36.7 Å². The molecule has 1 aromatic carbocycles. The Morgan fingerprint density at radius 1 is 1.05 bits per heavy atom. The van der Waals surface area contributed by atoms with Gasteiger partial charge in [-0.25, -0.2) is 4.68 Å². The van der Waals surface area contributed by atoms with Crippen molar-refractivity contribution in [3.63, 3.8) is 0 Å². The minimum atomic E-state index is 0.0566. The first-order valence-corrected chi connectivity index (χ1v) is 6.61. The Labute approximate surface area is 129 Å². The van der Waals surface area contributed by atoms with E-state index < -0.39 is 0 Å². The first kappa shape index (κ1) is 13.6. The summed E-state index contributed by atoms with van der Waals surface area (Å²) < 4.78 is 1.47. The molecule has 3 rings (SSSR count). The number of aromatic nitrogens is 5. The van der Waals surface area contributed by atoms with Gasteiger partial charge in [0.15, 0.2) is 0 Å². The van der Waals surface area contributed by atoms with Crippen LogP contribution in [0, 0.1) is 0 Å². The van der Waals surface area contributed by atoms with Crippen molar-refractivity contribution in [2.75, 3.05) is 11.1 Å². The zero-order valence-electron chi connectivity index (χ0n) is 10.5. The number of nitrogens with two attached hydrogens (primary N) is 1. The maximum absolute atomic E-state index is 6.09. The molecule has 7 nitrogen and oxygen atoms in total. The van der Waals surface area contributed by atoms with Crippen molar-refractivity contribution in [3.8, 4) is 5.95 Å². The molecular weight excluding hydrogens is 313 g/mol. The number of para-hydroxylation sites is 1. The first-order chi connectivity index (χ1) is 10.1. The summed E-state index contributed by atoms with van der Waals surface area (Å²) in [7, 11) is 0. The van der Waals surface area contributed by atoms with Gasteiger partial charge >= 0.3 is 0 Å². The lowest BCUT2D eigenvalue weighted by Gasteiger charge is -2.10. The van der Waals surface area contributed by atoms with Gasteiger partial charge in [-0.2, -0.15) is 20.1 Å². The summed E-state index contributed by atoms with van der Waals surface area (Å²) in [6.07, 6.45) is 3.30. The molecule has 3 aromatic rings. The van der Waals surface area contributed by atoms with E-state index in [2.05, 4.69) is 25.4 Å². The molecule has 9 heteroatoms. The van der Waals surface area contributed by atoms with Crippen molar-refractivity contribution < 1.29 is 0 Å². The monoisotopic (exact) mass is 321 g/mol. The number of benzene rings is 1. The Morgan fingerprint density at radius 3 is 2.48 bits per heavy atom. The summed E-state index contributed by atoms with van der Waals surface area (Å²) in [4.78, 5) is 12.2. The number of nitrogens with one attached hydrogen (secondary N) is 1. The Hall–Kier alpha value is -2.38. The van der Waals surface area contributed by atoms with Crippen LogP contribution >= 0.6 is 23.2 Å². The van der Waals surface area contributed by atoms with Gasteiger partial charge in [0.25, 0.3) is 5.95 Å². The lowest BCUT2D eigenvalue weighted by Crippen LogP contribution is -2.09. The normalized spacial score (nSPS) is 10.6. The highest BCUT2D eigenvalue weighted by molar-refractivity contribution is 6.39. The summed E-state index contributed by atoms with van der Waals surface area (Å²) >= 11 is 12.2. The zero-order chi connectivity index (χ0) is 14.8. The number of rotatable bonds is 3. The van der Waals surface area contributed by atoms with Gasteiger partial charge in [-0.05, 0) is 18.2 Å². The quantitative estimate of drug-likeness (QED) is 0.770. The predicted octanol–water partition coefficient (Wildman–Crippen LogP) is 2.69. The molecular formula is C12H9Cl2N7. The van der Waals surface area contributed by atoms with E-state index >= 15 is 0 Å². The fourth-order valence-electron chi connectivity index (χ4n) is 1.66. The lowest BCUT2D eigenvalue weighted by atomic mass is 10.3. The van der Waals surface area contributed by atoms with Crippen molar-refractivity contribution in [1.29, 1.82) is 0 Å². The third-order valence-electron chi connectivity index (χ3n) is 2.55. The van der Waals surface area contributed by atoms with Crippen LogP contribution < -0.4 is 11.1 Å². The van der Waals surface area contributed by atoms with E-state index in [1.165, 1.54) is 4.68 Å². The predicted molar refractivity (Wildman–Crippen MR) is 81.1 cm³/mol. The molecule has 0 fully saturated rings. The van der Waals surface area contributed by atoms with E-state index in [4.69, 9.17) is 28.9 Å². The molecule has 0 aliphatic rings. The number of nitrogens with zero attached hydrogens (tertiary/aromatic N) is 5. The average molecular weight is 322 g/mol. The van der Waals surface area contributed by atoms with Crippen molar-refractivity contribution in [2.45, 2.75) is 0 Å². The fraction of sp³-hybridized carbons (Fsp3) is 0. The molecule has 2 heterocycles. The molecule has 106 valence electrons. The largest absolute Gasteiger partial charge is 0.368 e. The highest BCUT2D eigenvalue weighted by Gasteiger charge is 2.10. The molecule has 21 heavy (non-hydrogen) atoms. The van der Waals surface area contributed by atoms with Gasteiger partial charge in [-0.1, -0.05) is 29.3 Å². The van der Waals surface area contributed by atoms with Crippen LogP contribution in [-0.2, 0) is 0 Å². The molecule has 0 saturated carbocycles. The van der Waals surface area contributed by atoms with Crippen molar-refractivity contribution >= 4 is 40.8 Å². The number of hydrogen-bond acceptors (Lipinski definition) is 6. The number of anilines is 3. The van der Waals surface area contributed by atoms with E-state index in [-0.39, 0.29) is 17.8 Å². The number of hydrogen-bond donors (Lipinski definition) is 2. The molecule has 0 aliphatic heterocycles. The lowest BCUT2D eigenvalue weighted by molar-refractivity contribution is 0.801. The van der Waals surface area contributed by atoms with Crippen molar-refractivity contribution in [3.05, 3.63) is 46.7 Å². The summed E-state index contributed by atoms with van der Waals surface area (Å²) in [5.41, 5.74) is 6.18. The molecule has 0 radical (unpaired) electrons. The van der Waals surface area contributed by atoms with Gasteiger partial charge in [0, 0.05) is 12.4 Å². The second-order valence-electron chi connectivity index (χ2n) is 3.99. The van der Waals surface area contributed by atoms with Gasteiger partial charge < -0.3 is 11.1 Å². The third kappa shape index (κ3) is 2.88. The molecule has 2 aromatic heterocycles. The molecule has 0 atom stereocenters. The van der Waals surface area contributed by atoms with Crippen LogP contribution in [0.4, 0.5) is 17.6 Å². The smallest absolute Gasteiger partial charge is 0.257 e. The van der Waals surface area contributed by atoms with E-state index in [1.807, 2.05) is 0 Å². The minimum Gasteiger partial charge on any atom is -0.368 e. The molecule has 0 unspecified atom stereocenters. The summed E-state index contributed by atoms with van der Waals surface area (Å²) in [6, 6.07) is 6.90. The highest BCUT2D eigenvalue weighted by atomic mass is 35.5. The van der Waals surface area contributed by atoms with E-state index in [0.29, 0.717) is 15.7 Å². The molecule has 0 bridgehead atoms. The summed E-state index contributed by atoms with van der Waals surface area (Å²) in [6.45, 7) is 0. The van der Waals surface area contributed by atoms with Crippen LogP contribution in [0.15, 0.2) is 36.7 Å². The minimum absolute atomic E-state index is 0.0566. The molecule has 0 saturated heterocycles. The topological polar surface area (TPSA) is 94.5 Å². The summed E-state index contributed by atoms with van der Waals surface area (Å²) in [5.74, 6) is 0.572. The Bertz CT molecular complexity index is 753. The van der Waals surface area contributed by atoms with Gasteiger partial charge in [-0.3, -0.25) is 0 Å². The van der Waals surface area contributed by atoms with Crippen LogP contribution in [0.25, 0.3) is 5.95 Å². The Kier molecular flexibility index (Phi) is 3.59. The Morgan fingerprint density at radius 2 is 1.81 bits per heavy atom. The van der Waals surface area contributed by atoms with Crippen molar-refractivity contribution in [2.24, 2.45) is 0 Å². The number of nitrogen functional groups attached to an aromatic ring is 1. The van der Waals surface area contributed by atoms with Crippen LogP contribution in [0.5, 0.6) is 0 Å². The average Bonchev–Trinajstić information content (AvgIpc) is 2.97. The van der Waals surface area contributed by atoms with Crippen LogP contribution in [-0.4, -0.2) is 24.7 Å². The van der Waals surface area contributed by atoms with Gasteiger partial charge in [-0.15, -0.1) is 0 Å². The molecule has 0 amide bonds. The third-order valence-corrected chi connectivity index (χ3v) is 3.18. The SMILES string of the molecule is Nc1nc(Nc2c(Cl)cccc2Cl)nc(-n2cccn2)n1. The standard InChI is InChI=1S/C12H9Cl2N7/c13-7-3-1-4-8(14)9(7)17-11-18-10(15)19-12(20-11)21-6-2-5-16-21/h1-6H,(H3,15,17,18,19,20). The van der Waals surface area contributed by atoms with Crippen LogP contribution in [0.3, 0.4) is 0 Å². The molecule has 0 spiro atoms. The maximum Gasteiger partial charge on any atom is 0.257 e. The van der Waals surface area contributed by atoms with Gasteiger partial charge in [0.05, 0.1) is 15.7 Å². The van der Waals surface area contributed by atoms with Crippen LogP contribution in [0.2, 0.25) is 10.0 Å². The maximum atomic E-state index is 6.09. The summed E-state index contributed by atoms with van der Waals surface area (Å²) in [5, 5.41) is 7.87. The second-order valence-corrected chi connectivity index (χ2v) is 4.80. The van der Waals surface area contributed by atoms with Gasteiger partial charge in [0.2, 0.25) is 11.9 Å². The second kappa shape index (κ2) is 5.55. The van der Waals surface area contributed by atoms with Gasteiger partial charge in [0.1, 0.15) is 0 Å². The molecule has 3 N–H and O–H groups in total. The highest BCUT2D eigenvalue weighted by Crippen LogP contribution is 2.31. The number of halogens is 2. The first-order valence-electron chi connectivity index (χ1n) is 5.86. The van der Waals surface area contributed by atoms with E-state index in [9.17, 15) is 0 Å². The zero-order valence-corrected chi connectivity index (χ0v) is 12.0. The van der Waals surface area contributed by atoms with Crippen molar-refractivity contribution in [1.82, 2.24) is 24.7 Å².